The Morgan fingerprint density at radius 1 is 1.14 bits per heavy atom. The molecule has 0 spiro atoms. The molecule has 1 rings (SSSR count). The maximum absolute atomic E-state index is 12.0. The van der Waals surface area contributed by atoms with Crippen molar-refractivity contribution in [3.05, 3.63) is 0 Å². The van der Waals surface area contributed by atoms with Gasteiger partial charge in [-0.2, -0.15) is 0 Å². The molecule has 0 aromatic carbocycles. The number of halogens is 3. The average Bonchev–Trinajstić information content (AvgIpc) is 2.20. The fraction of sp³-hybridized carbons (Fsp3) is 0.714. The molecule has 3 nitrogen and oxygen atoms in total. The second-order valence-electron chi connectivity index (χ2n) is 3.57. The van der Waals surface area contributed by atoms with E-state index in [0.717, 1.165) is 0 Å². The van der Waals surface area contributed by atoms with Crippen molar-refractivity contribution in [3.8, 4) is 0 Å². The molecule has 14 heavy (non-hydrogen) atoms. The van der Waals surface area contributed by atoms with E-state index in [0.29, 0.717) is 4.90 Å². The van der Waals surface area contributed by atoms with Gasteiger partial charge in [0, 0.05) is 11.8 Å². The number of hydrogen-bond donors (Lipinski definition) is 0. The molecule has 80 valence electrons. The number of imide groups is 1. The van der Waals surface area contributed by atoms with Crippen LogP contribution in [0.1, 0.15) is 13.8 Å². The van der Waals surface area contributed by atoms with Gasteiger partial charge in [0.05, 0.1) is 0 Å². The highest BCUT2D eigenvalue weighted by atomic mass is 19.4. The van der Waals surface area contributed by atoms with Crippen LogP contribution in [0.4, 0.5) is 12.9 Å². The molecule has 1 saturated heterocycles. The number of amides is 2. The summed E-state index contributed by atoms with van der Waals surface area (Å²) in [6, 6.07) is 0. The molecule has 0 aromatic heterocycles. The van der Waals surface area contributed by atoms with Crippen molar-refractivity contribution in [2.45, 2.75) is 13.8 Å². The van der Waals surface area contributed by atoms with Gasteiger partial charge in [0.1, 0.15) is 0 Å². The van der Waals surface area contributed by atoms with E-state index in [2.05, 4.69) is 0 Å². The van der Waals surface area contributed by atoms with Crippen LogP contribution in [0.5, 0.6) is 0 Å². The van der Waals surface area contributed by atoms with Crippen LogP contribution in [0.2, 0.25) is 0 Å². The molecule has 1 heterocycles. The van der Waals surface area contributed by atoms with Crippen molar-refractivity contribution in [2.75, 3.05) is 6.44 Å². The first kappa shape index (κ1) is 11.1. The summed E-state index contributed by atoms with van der Waals surface area (Å²) in [5.74, 6) is -2.72. The summed E-state index contributed by atoms with van der Waals surface area (Å²) < 4.78 is 36.1. The van der Waals surface area contributed by atoms with Gasteiger partial charge in [-0.1, -0.05) is 13.8 Å². The third kappa shape index (κ3) is 1.91. The van der Waals surface area contributed by atoms with Gasteiger partial charge in [0.2, 0.25) is 11.8 Å². The highest BCUT2D eigenvalue weighted by Gasteiger charge is 2.44. The fourth-order valence-corrected chi connectivity index (χ4v) is 1.41. The molecule has 2 amide bonds. The minimum absolute atomic E-state index is 0.315. The molecule has 2 atom stereocenters. The number of rotatable bonds is 2. The zero-order valence-electron chi connectivity index (χ0n) is 7.84. The van der Waals surface area contributed by atoms with Crippen molar-refractivity contribution in [3.63, 3.8) is 0 Å². The van der Waals surface area contributed by atoms with Crippen LogP contribution in [0.15, 0.2) is 0 Å². The van der Waals surface area contributed by atoms with Gasteiger partial charge >= 0.3 is 6.98 Å². The van der Waals surface area contributed by atoms with Crippen LogP contribution in [0, 0.1) is 11.8 Å². The summed E-state index contributed by atoms with van der Waals surface area (Å²) >= 11 is 0. The molecule has 2 unspecified atom stereocenters. The second kappa shape index (κ2) is 3.29. The molecule has 7 heteroatoms. The lowest BCUT2D eigenvalue weighted by molar-refractivity contribution is -0.139. The summed E-state index contributed by atoms with van der Waals surface area (Å²) in [5.41, 5.74) is 0. The first-order chi connectivity index (χ1) is 6.24. The lowest BCUT2D eigenvalue weighted by atomic mass is 9.91. The fourth-order valence-electron chi connectivity index (χ4n) is 1.41. The van der Waals surface area contributed by atoms with Gasteiger partial charge in [0.15, 0.2) is 0 Å². The van der Waals surface area contributed by atoms with Crippen molar-refractivity contribution in [1.29, 1.82) is 0 Å². The highest BCUT2D eigenvalue weighted by Crippen LogP contribution is 2.27. The van der Waals surface area contributed by atoms with E-state index >= 15 is 0 Å². The van der Waals surface area contributed by atoms with Gasteiger partial charge in [-0.05, 0) is 6.44 Å². The van der Waals surface area contributed by atoms with Crippen LogP contribution < -0.4 is 0 Å². The Labute approximate surface area is 79.3 Å². The molecule has 1 aliphatic rings. The Balaban J connectivity index is 2.81. The first-order valence-electron chi connectivity index (χ1n) is 4.30. The van der Waals surface area contributed by atoms with Crippen LogP contribution >= 0.6 is 0 Å². The van der Waals surface area contributed by atoms with Gasteiger partial charge in [0.25, 0.3) is 0 Å². The highest BCUT2D eigenvalue weighted by molar-refractivity contribution is 6.59. The zero-order chi connectivity index (χ0) is 11.1. The summed E-state index contributed by atoms with van der Waals surface area (Å²) in [6.45, 7) is -2.20. The third-order valence-electron chi connectivity index (χ3n) is 2.45. The first-order valence-corrected chi connectivity index (χ1v) is 4.30. The van der Waals surface area contributed by atoms with E-state index in [9.17, 15) is 22.5 Å². The number of carbonyl (C=O) groups excluding carboxylic acids is 2. The lowest BCUT2D eigenvalue weighted by Crippen LogP contribution is -2.42. The van der Waals surface area contributed by atoms with E-state index in [1.165, 1.54) is 13.8 Å². The van der Waals surface area contributed by atoms with Crippen LogP contribution in [-0.2, 0) is 9.59 Å². The average molecular weight is 208 g/mol. The smallest absolute Gasteiger partial charge is 0.448 e. The number of carbonyl (C=O) groups is 2. The molecule has 1 fully saturated rings. The number of nitrogens with zero attached hydrogens (tertiary/aromatic N) is 1. The SMILES string of the molecule is CC1C(=O)N(C[B-](F)(F)F)C(=O)C1C. The van der Waals surface area contributed by atoms with E-state index in [4.69, 9.17) is 0 Å². The zero-order valence-corrected chi connectivity index (χ0v) is 7.84. The normalized spacial score (nSPS) is 28.8. The maximum Gasteiger partial charge on any atom is 0.497 e. The molecule has 1 aliphatic heterocycles. The van der Waals surface area contributed by atoms with Crippen molar-refractivity contribution in [2.24, 2.45) is 11.8 Å². The molecule has 0 N–H and O–H groups in total. The van der Waals surface area contributed by atoms with Crippen molar-refractivity contribution in [1.82, 2.24) is 4.90 Å². The number of likely N-dealkylation sites (tertiary alicyclic amines) is 1. The Morgan fingerprint density at radius 3 is 1.79 bits per heavy atom. The molecule has 0 radical (unpaired) electrons. The van der Waals surface area contributed by atoms with Crippen LogP contribution in [0.3, 0.4) is 0 Å². The van der Waals surface area contributed by atoms with Crippen molar-refractivity contribution >= 4 is 18.8 Å². The summed E-state index contributed by atoms with van der Waals surface area (Å²) in [4.78, 5) is 22.8. The summed E-state index contributed by atoms with van der Waals surface area (Å²) in [6.07, 6.45) is -1.41. The Morgan fingerprint density at radius 2 is 1.50 bits per heavy atom. The van der Waals surface area contributed by atoms with E-state index in [1.807, 2.05) is 0 Å². The predicted molar refractivity (Wildman–Crippen MR) is 44.1 cm³/mol. The Bertz CT molecular complexity index is 259. The van der Waals surface area contributed by atoms with Gasteiger partial charge < -0.3 is 17.8 Å². The monoisotopic (exact) mass is 208 g/mol. The van der Waals surface area contributed by atoms with Crippen LogP contribution in [-0.4, -0.2) is 30.1 Å². The minimum atomic E-state index is -5.13. The molecule has 0 aliphatic carbocycles. The van der Waals surface area contributed by atoms with Gasteiger partial charge in [-0.15, -0.1) is 0 Å². The molecular formula is C7H10BF3NO2-. The Kier molecular flexibility index (Phi) is 2.60. The summed E-state index contributed by atoms with van der Waals surface area (Å²) in [5, 5.41) is 0. The topological polar surface area (TPSA) is 37.4 Å². The van der Waals surface area contributed by atoms with Crippen LogP contribution in [0.25, 0.3) is 0 Å². The molecular weight excluding hydrogens is 198 g/mol. The van der Waals surface area contributed by atoms with E-state index in [-0.39, 0.29) is 0 Å². The van der Waals surface area contributed by atoms with E-state index in [1.54, 1.807) is 0 Å². The predicted octanol–water partition coefficient (Wildman–Crippen LogP) is 1.01. The molecule has 0 aromatic rings. The maximum atomic E-state index is 12.0. The van der Waals surface area contributed by atoms with Gasteiger partial charge in [-0.3, -0.25) is 9.59 Å². The standard InChI is InChI=1S/C7H10BF3NO2/c1-4-5(2)7(14)12(6(4)13)3-8(9,10)11/h4-5H,3H2,1-2H3/q-1. The minimum Gasteiger partial charge on any atom is -0.448 e. The molecule has 0 bridgehead atoms. The van der Waals surface area contributed by atoms with Gasteiger partial charge in [-0.25, -0.2) is 0 Å². The Hall–Kier alpha value is -1.01. The lowest BCUT2D eigenvalue weighted by Gasteiger charge is -2.21. The van der Waals surface area contributed by atoms with Crippen molar-refractivity contribution < 1.29 is 22.5 Å². The quantitative estimate of drug-likeness (QED) is 0.501. The van der Waals surface area contributed by atoms with E-state index < -0.39 is 37.1 Å². The summed E-state index contributed by atoms with van der Waals surface area (Å²) in [7, 11) is 0. The number of hydrogen-bond acceptors (Lipinski definition) is 2. The second-order valence-corrected chi connectivity index (χ2v) is 3.57. The largest absolute Gasteiger partial charge is 0.497 e. The molecule has 0 saturated carbocycles. The third-order valence-corrected chi connectivity index (χ3v) is 2.45.